The van der Waals surface area contributed by atoms with E-state index in [-0.39, 0.29) is 0 Å². The molecule has 3 rings (SSSR count). The summed E-state index contributed by atoms with van der Waals surface area (Å²) in [6.45, 7) is 2.12. The van der Waals surface area contributed by atoms with Gasteiger partial charge in [-0.25, -0.2) is 0 Å². The van der Waals surface area contributed by atoms with Crippen molar-refractivity contribution in [2.75, 3.05) is 20.6 Å². The molecule has 1 aliphatic heterocycles. The number of likely N-dealkylation sites (N-methyl/N-ethyl adjacent to an activating group) is 1. The van der Waals surface area contributed by atoms with Crippen LogP contribution in [0.4, 0.5) is 0 Å². The lowest BCUT2D eigenvalue weighted by atomic mass is 10.0. The van der Waals surface area contributed by atoms with Crippen molar-refractivity contribution in [2.24, 2.45) is 0 Å². The Balaban J connectivity index is 1.76. The van der Waals surface area contributed by atoms with Gasteiger partial charge in [-0.2, -0.15) is 0 Å². The molecule has 4 heteroatoms. The molecule has 116 valence electrons. The van der Waals surface area contributed by atoms with Gasteiger partial charge in [-0.15, -0.1) is 0 Å². The van der Waals surface area contributed by atoms with Crippen LogP contribution in [-0.2, 0) is 13.0 Å². The maximum atomic E-state index is 4.26. The molecule has 0 unspecified atom stereocenters. The minimum absolute atomic E-state index is 0.527. The molecule has 1 aliphatic rings. The van der Waals surface area contributed by atoms with Gasteiger partial charge in [0.25, 0.3) is 0 Å². The van der Waals surface area contributed by atoms with Crippen LogP contribution >= 0.6 is 0 Å². The molecule has 0 saturated carbocycles. The van der Waals surface area contributed by atoms with Gasteiger partial charge in [-0.3, -0.25) is 14.9 Å². The Hall–Kier alpha value is -1.78. The zero-order valence-electron chi connectivity index (χ0n) is 13.4. The predicted molar refractivity (Wildman–Crippen MR) is 88.5 cm³/mol. The van der Waals surface area contributed by atoms with Crippen molar-refractivity contribution in [2.45, 2.75) is 31.5 Å². The Labute approximate surface area is 132 Å². The van der Waals surface area contributed by atoms with Gasteiger partial charge >= 0.3 is 0 Å². The fraction of sp³-hybridized carbons (Fsp3) is 0.444. The Morgan fingerprint density at radius 1 is 1.09 bits per heavy atom. The largest absolute Gasteiger partial charge is 0.305 e. The molecule has 22 heavy (non-hydrogen) atoms. The lowest BCUT2D eigenvalue weighted by molar-refractivity contribution is 0.178. The topological polar surface area (TPSA) is 32.3 Å². The Kier molecular flexibility index (Phi) is 4.80. The molecule has 0 spiro atoms. The zero-order valence-corrected chi connectivity index (χ0v) is 13.4. The Morgan fingerprint density at radius 3 is 2.36 bits per heavy atom. The highest BCUT2D eigenvalue weighted by Gasteiger charge is 2.35. The summed E-state index contributed by atoms with van der Waals surface area (Å²) in [7, 11) is 4.38. The fourth-order valence-electron chi connectivity index (χ4n) is 3.45. The van der Waals surface area contributed by atoms with Gasteiger partial charge in [0.2, 0.25) is 0 Å². The number of aromatic nitrogens is 2. The van der Waals surface area contributed by atoms with E-state index in [1.54, 1.807) is 0 Å². The maximum Gasteiger partial charge on any atom is 0.0312 e. The van der Waals surface area contributed by atoms with Crippen LogP contribution in [0.15, 0.2) is 49.1 Å². The third-order valence-corrected chi connectivity index (χ3v) is 4.56. The van der Waals surface area contributed by atoms with Crippen LogP contribution in [0.25, 0.3) is 0 Å². The number of hydrogen-bond acceptors (Lipinski definition) is 4. The lowest BCUT2D eigenvalue weighted by Crippen LogP contribution is -2.43. The van der Waals surface area contributed by atoms with E-state index in [1.807, 2.05) is 36.9 Å². The van der Waals surface area contributed by atoms with Gasteiger partial charge in [0, 0.05) is 50.0 Å². The van der Waals surface area contributed by atoms with Crippen molar-refractivity contribution in [3.8, 4) is 0 Å². The second-order valence-corrected chi connectivity index (χ2v) is 6.28. The van der Waals surface area contributed by atoms with Crippen LogP contribution in [0.5, 0.6) is 0 Å². The average Bonchev–Trinajstić information content (AvgIpc) is 2.92. The van der Waals surface area contributed by atoms with Crippen LogP contribution in [0.1, 0.15) is 17.5 Å². The van der Waals surface area contributed by atoms with E-state index >= 15 is 0 Å². The van der Waals surface area contributed by atoms with Gasteiger partial charge in [0.1, 0.15) is 0 Å². The maximum absolute atomic E-state index is 4.26. The van der Waals surface area contributed by atoms with Crippen molar-refractivity contribution in [3.05, 3.63) is 60.2 Å². The average molecular weight is 296 g/mol. The Morgan fingerprint density at radius 2 is 1.77 bits per heavy atom. The quantitative estimate of drug-likeness (QED) is 0.847. The van der Waals surface area contributed by atoms with Gasteiger partial charge < -0.3 is 4.90 Å². The first kappa shape index (κ1) is 15.1. The highest BCUT2D eigenvalue weighted by Crippen LogP contribution is 2.26. The van der Waals surface area contributed by atoms with Gasteiger partial charge in [-0.1, -0.05) is 12.1 Å². The SMILES string of the molecule is CN(C)[C@@H]1CCN(Cc2cccnc2)[C@H]1Cc1cccnc1. The van der Waals surface area contributed by atoms with E-state index < -0.39 is 0 Å². The molecular weight excluding hydrogens is 272 g/mol. The van der Waals surface area contributed by atoms with Gasteiger partial charge in [0.15, 0.2) is 0 Å². The minimum atomic E-state index is 0.527. The van der Waals surface area contributed by atoms with Crippen molar-refractivity contribution < 1.29 is 0 Å². The van der Waals surface area contributed by atoms with Crippen LogP contribution in [-0.4, -0.2) is 52.5 Å². The zero-order chi connectivity index (χ0) is 15.4. The highest BCUT2D eigenvalue weighted by atomic mass is 15.3. The molecule has 1 saturated heterocycles. The molecule has 0 N–H and O–H groups in total. The number of nitrogens with zero attached hydrogens (tertiary/aromatic N) is 4. The number of rotatable bonds is 5. The van der Waals surface area contributed by atoms with Crippen LogP contribution in [0, 0.1) is 0 Å². The molecule has 0 amide bonds. The number of pyridine rings is 2. The summed E-state index contributed by atoms with van der Waals surface area (Å²) in [5.41, 5.74) is 2.61. The number of likely N-dealkylation sites (tertiary alicyclic amines) is 1. The molecule has 2 aromatic rings. The third-order valence-electron chi connectivity index (χ3n) is 4.56. The molecule has 0 aromatic carbocycles. The van der Waals surface area contributed by atoms with Gasteiger partial charge in [-0.05, 0) is 50.2 Å². The first-order valence-electron chi connectivity index (χ1n) is 7.92. The molecule has 1 fully saturated rings. The second kappa shape index (κ2) is 6.99. The van der Waals surface area contributed by atoms with E-state index in [9.17, 15) is 0 Å². The van der Waals surface area contributed by atoms with Gasteiger partial charge in [0.05, 0.1) is 0 Å². The minimum Gasteiger partial charge on any atom is -0.305 e. The summed E-state index contributed by atoms with van der Waals surface area (Å²) in [4.78, 5) is 13.5. The van der Waals surface area contributed by atoms with Crippen LogP contribution < -0.4 is 0 Å². The Bertz CT molecular complexity index is 570. The van der Waals surface area contributed by atoms with Crippen LogP contribution in [0.3, 0.4) is 0 Å². The lowest BCUT2D eigenvalue weighted by Gasteiger charge is -2.31. The molecule has 0 aliphatic carbocycles. The van der Waals surface area contributed by atoms with Crippen molar-refractivity contribution >= 4 is 0 Å². The molecule has 0 bridgehead atoms. The predicted octanol–water partition coefficient (Wildman–Crippen LogP) is 2.22. The van der Waals surface area contributed by atoms with Crippen molar-refractivity contribution in [1.82, 2.24) is 19.8 Å². The second-order valence-electron chi connectivity index (χ2n) is 6.28. The smallest absolute Gasteiger partial charge is 0.0312 e. The van der Waals surface area contributed by atoms with E-state index in [1.165, 1.54) is 17.5 Å². The van der Waals surface area contributed by atoms with E-state index in [2.05, 4.69) is 46.0 Å². The monoisotopic (exact) mass is 296 g/mol. The van der Waals surface area contributed by atoms with E-state index in [4.69, 9.17) is 0 Å². The molecular formula is C18H24N4. The number of hydrogen-bond donors (Lipinski definition) is 0. The summed E-state index contributed by atoms with van der Waals surface area (Å²) < 4.78 is 0. The first-order chi connectivity index (χ1) is 10.7. The summed E-state index contributed by atoms with van der Waals surface area (Å²) in [5.74, 6) is 0. The van der Waals surface area contributed by atoms with E-state index in [0.717, 1.165) is 19.5 Å². The first-order valence-corrected chi connectivity index (χ1v) is 7.92. The summed E-state index contributed by atoms with van der Waals surface area (Å²) >= 11 is 0. The normalized spacial score (nSPS) is 22.3. The van der Waals surface area contributed by atoms with E-state index in [0.29, 0.717) is 12.1 Å². The molecule has 3 heterocycles. The summed E-state index contributed by atoms with van der Waals surface area (Å²) in [6.07, 6.45) is 9.92. The van der Waals surface area contributed by atoms with Crippen LogP contribution in [0.2, 0.25) is 0 Å². The standard InChI is InChI=1S/C18H24N4/c1-21(2)17-7-10-22(14-16-6-4-9-20-13-16)18(17)11-15-5-3-8-19-12-15/h3-6,8-9,12-13,17-18H,7,10-11,14H2,1-2H3/t17-,18+/m1/s1. The van der Waals surface area contributed by atoms with Crippen molar-refractivity contribution in [3.63, 3.8) is 0 Å². The third kappa shape index (κ3) is 3.51. The molecule has 4 nitrogen and oxygen atoms in total. The highest BCUT2D eigenvalue weighted by molar-refractivity contribution is 5.14. The molecule has 0 radical (unpaired) electrons. The molecule has 2 atom stereocenters. The fourth-order valence-corrected chi connectivity index (χ4v) is 3.45. The summed E-state index contributed by atoms with van der Waals surface area (Å²) in [6, 6.07) is 9.51. The summed E-state index contributed by atoms with van der Waals surface area (Å²) in [5, 5.41) is 0. The molecule has 2 aromatic heterocycles. The van der Waals surface area contributed by atoms with Crippen molar-refractivity contribution in [1.29, 1.82) is 0 Å².